The van der Waals surface area contributed by atoms with E-state index >= 15 is 0 Å². The maximum absolute atomic E-state index is 9.87. The predicted molar refractivity (Wildman–Crippen MR) is 74.8 cm³/mol. The van der Waals surface area contributed by atoms with Crippen molar-refractivity contribution >= 4 is 11.6 Å². The predicted octanol–water partition coefficient (Wildman–Crippen LogP) is 2.16. The molecular formula is C14H16ClN3O2. The highest BCUT2D eigenvalue weighted by molar-refractivity contribution is 6.30. The molecular weight excluding hydrogens is 278 g/mol. The average Bonchev–Trinajstić information content (AvgIpc) is 2.94. The van der Waals surface area contributed by atoms with Gasteiger partial charge in [-0.25, -0.2) is 4.68 Å². The summed E-state index contributed by atoms with van der Waals surface area (Å²) in [5, 5.41) is 18.6. The standard InChI is InChI=1S/C14H16ClN3O2/c1-14(2,19)13-8-18(17-16-13)7-11-6-9-5-10(15)3-4-12(9)20-11/h3-5,8,11,19H,6-7H2,1-2H3. The normalized spacial score (nSPS) is 17.9. The first kappa shape index (κ1) is 13.4. The van der Waals surface area contributed by atoms with Crippen molar-refractivity contribution in [2.45, 2.75) is 38.5 Å². The molecule has 0 saturated carbocycles. The lowest BCUT2D eigenvalue weighted by Gasteiger charge is -2.12. The van der Waals surface area contributed by atoms with E-state index in [-0.39, 0.29) is 6.10 Å². The molecule has 1 aromatic heterocycles. The fourth-order valence-electron chi connectivity index (χ4n) is 2.27. The Labute approximate surface area is 122 Å². The van der Waals surface area contributed by atoms with Crippen LogP contribution in [0.4, 0.5) is 0 Å². The van der Waals surface area contributed by atoms with Crippen molar-refractivity contribution in [2.75, 3.05) is 0 Å². The maximum atomic E-state index is 9.87. The van der Waals surface area contributed by atoms with Crippen LogP contribution in [0, 0.1) is 0 Å². The van der Waals surface area contributed by atoms with E-state index < -0.39 is 5.60 Å². The molecule has 6 heteroatoms. The second-order valence-electron chi connectivity index (χ2n) is 5.58. The Hall–Kier alpha value is -1.59. The summed E-state index contributed by atoms with van der Waals surface area (Å²) in [6, 6.07) is 5.65. The summed E-state index contributed by atoms with van der Waals surface area (Å²) in [6.07, 6.45) is 2.56. The molecule has 0 aliphatic carbocycles. The first-order valence-electron chi connectivity index (χ1n) is 6.50. The van der Waals surface area contributed by atoms with Crippen LogP contribution in [-0.4, -0.2) is 26.2 Å². The number of halogens is 1. The number of aromatic nitrogens is 3. The van der Waals surface area contributed by atoms with Crippen LogP contribution in [-0.2, 0) is 18.6 Å². The number of ether oxygens (including phenoxy) is 1. The van der Waals surface area contributed by atoms with Crippen molar-refractivity contribution in [3.05, 3.63) is 40.7 Å². The topological polar surface area (TPSA) is 60.2 Å². The van der Waals surface area contributed by atoms with Crippen molar-refractivity contribution in [2.24, 2.45) is 0 Å². The molecule has 1 aromatic carbocycles. The molecule has 20 heavy (non-hydrogen) atoms. The van der Waals surface area contributed by atoms with Crippen LogP contribution < -0.4 is 4.74 Å². The molecule has 2 aromatic rings. The molecule has 106 valence electrons. The number of hydrogen-bond acceptors (Lipinski definition) is 4. The number of fused-ring (bicyclic) bond motifs is 1. The summed E-state index contributed by atoms with van der Waals surface area (Å²) in [6.45, 7) is 3.96. The van der Waals surface area contributed by atoms with Crippen LogP contribution in [0.15, 0.2) is 24.4 Å². The van der Waals surface area contributed by atoms with E-state index in [9.17, 15) is 5.11 Å². The Morgan fingerprint density at radius 3 is 3.00 bits per heavy atom. The van der Waals surface area contributed by atoms with Gasteiger partial charge in [-0.2, -0.15) is 0 Å². The molecule has 1 unspecified atom stereocenters. The average molecular weight is 294 g/mol. The number of benzene rings is 1. The molecule has 1 atom stereocenters. The minimum Gasteiger partial charge on any atom is -0.488 e. The minimum atomic E-state index is -0.981. The van der Waals surface area contributed by atoms with E-state index in [4.69, 9.17) is 16.3 Å². The second kappa shape index (κ2) is 4.75. The van der Waals surface area contributed by atoms with Crippen LogP contribution in [0.3, 0.4) is 0 Å². The summed E-state index contributed by atoms with van der Waals surface area (Å²) in [5.41, 5.74) is 0.687. The van der Waals surface area contributed by atoms with Crippen molar-refractivity contribution in [1.29, 1.82) is 0 Å². The van der Waals surface area contributed by atoms with Gasteiger partial charge in [0.15, 0.2) is 0 Å². The first-order chi connectivity index (χ1) is 9.41. The second-order valence-corrected chi connectivity index (χ2v) is 6.02. The molecule has 0 amide bonds. The third kappa shape index (κ3) is 2.64. The number of hydrogen-bond donors (Lipinski definition) is 1. The summed E-state index contributed by atoms with van der Waals surface area (Å²) in [5.74, 6) is 0.877. The minimum absolute atomic E-state index is 0.0137. The molecule has 1 aliphatic heterocycles. The zero-order valence-electron chi connectivity index (χ0n) is 11.4. The molecule has 0 fully saturated rings. The van der Waals surface area contributed by atoms with E-state index in [1.165, 1.54) is 0 Å². The van der Waals surface area contributed by atoms with Gasteiger partial charge in [0.25, 0.3) is 0 Å². The molecule has 0 saturated heterocycles. The van der Waals surface area contributed by atoms with Crippen molar-refractivity contribution in [3.63, 3.8) is 0 Å². The molecule has 0 bridgehead atoms. The van der Waals surface area contributed by atoms with Crippen LogP contribution in [0.25, 0.3) is 0 Å². The van der Waals surface area contributed by atoms with Crippen LogP contribution in [0.2, 0.25) is 5.02 Å². The molecule has 1 aliphatic rings. The van der Waals surface area contributed by atoms with Gasteiger partial charge in [0.05, 0.1) is 12.7 Å². The van der Waals surface area contributed by atoms with E-state index in [2.05, 4.69) is 10.3 Å². The van der Waals surface area contributed by atoms with Crippen LogP contribution in [0.1, 0.15) is 25.1 Å². The molecule has 2 heterocycles. The van der Waals surface area contributed by atoms with E-state index in [0.29, 0.717) is 12.2 Å². The Bertz CT molecular complexity index is 634. The number of rotatable bonds is 3. The van der Waals surface area contributed by atoms with Gasteiger partial charge in [-0.15, -0.1) is 5.10 Å². The lowest BCUT2D eigenvalue weighted by atomic mass is 10.1. The Morgan fingerprint density at radius 2 is 2.30 bits per heavy atom. The van der Waals surface area contributed by atoms with Crippen molar-refractivity contribution in [3.8, 4) is 5.75 Å². The lowest BCUT2D eigenvalue weighted by Crippen LogP contribution is -2.21. The van der Waals surface area contributed by atoms with E-state index in [0.717, 1.165) is 22.8 Å². The van der Waals surface area contributed by atoms with Gasteiger partial charge < -0.3 is 9.84 Å². The molecule has 0 spiro atoms. The third-order valence-corrected chi connectivity index (χ3v) is 3.56. The summed E-state index contributed by atoms with van der Waals surface area (Å²) in [4.78, 5) is 0. The summed E-state index contributed by atoms with van der Waals surface area (Å²) in [7, 11) is 0. The van der Waals surface area contributed by atoms with E-state index in [1.54, 1.807) is 24.7 Å². The SMILES string of the molecule is CC(C)(O)c1cn(CC2Cc3cc(Cl)ccc3O2)nn1. The van der Waals surface area contributed by atoms with Gasteiger partial charge in [-0.3, -0.25) is 0 Å². The van der Waals surface area contributed by atoms with Gasteiger partial charge in [-0.05, 0) is 37.6 Å². The molecule has 3 rings (SSSR count). The fourth-order valence-corrected chi connectivity index (χ4v) is 2.46. The summed E-state index contributed by atoms with van der Waals surface area (Å²) >= 11 is 5.97. The van der Waals surface area contributed by atoms with Gasteiger partial charge in [0, 0.05) is 11.4 Å². The largest absolute Gasteiger partial charge is 0.488 e. The van der Waals surface area contributed by atoms with Gasteiger partial charge in [0.1, 0.15) is 23.1 Å². The monoisotopic (exact) mass is 293 g/mol. The number of aliphatic hydroxyl groups is 1. The molecule has 1 N–H and O–H groups in total. The highest BCUT2D eigenvalue weighted by Gasteiger charge is 2.25. The maximum Gasteiger partial charge on any atom is 0.123 e. The first-order valence-corrected chi connectivity index (χ1v) is 6.88. The third-order valence-electron chi connectivity index (χ3n) is 3.32. The highest BCUT2D eigenvalue weighted by Crippen LogP contribution is 2.31. The van der Waals surface area contributed by atoms with Gasteiger partial charge in [-0.1, -0.05) is 16.8 Å². The van der Waals surface area contributed by atoms with Crippen molar-refractivity contribution in [1.82, 2.24) is 15.0 Å². The zero-order valence-corrected chi connectivity index (χ0v) is 12.1. The molecule has 5 nitrogen and oxygen atoms in total. The zero-order chi connectivity index (χ0) is 14.3. The number of nitrogens with zero attached hydrogens (tertiary/aromatic N) is 3. The highest BCUT2D eigenvalue weighted by atomic mass is 35.5. The Kier molecular flexibility index (Phi) is 3.18. The Balaban J connectivity index is 1.70. The van der Waals surface area contributed by atoms with Crippen LogP contribution >= 0.6 is 11.6 Å². The van der Waals surface area contributed by atoms with E-state index in [1.807, 2.05) is 18.2 Å². The molecule has 0 radical (unpaired) electrons. The van der Waals surface area contributed by atoms with Crippen molar-refractivity contribution < 1.29 is 9.84 Å². The quantitative estimate of drug-likeness (QED) is 0.942. The van der Waals surface area contributed by atoms with Gasteiger partial charge in [0.2, 0.25) is 0 Å². The Morgan fingerprint density at radius 1 is 1.50 bits per heavy atom. The summed E-state index contributed by atoms with van der Waals surface area (Å²) < 4.78 is 7.55. The smallest absolute Gasteiger partial charge is 0.123 e. The van der Waals surface area contributed by atoms with Gasteiger partial charge >= 0.3 is 0 Å². The van der Waals surface area contributed by atoms with Crippen LogP contribution in [0.5, 0.6) is 5.75 Å². The fraction of sp³-hybridized carbons (Fsp3) is 0.429. The lowest BCUT2D eigenvalue weighted by molar-refractivity contribution is 0.0737.